The van der Waals surface area contributed by atoms with Gasteiger partial charge in [-0.2, -0.15) is 0 Å². The number of amides is 4. The van der Waals surface area contributed by atoms with Crippen LogP contribution in [0.1, 0.15) is 24.3 Å². The normalized spacial score (nSPS) is 31.6. The Balaban J connectivity index is 1.40. The number of para-hydroxylation sites is 1. The SMILES string of the molecule is O=C1C2CC=C3C(CC4(Cl)C(=O)N(c5ccc(F)cc5)C(=O)C4(Cl)C3c3ccccc3O)C2C(=O)N1c1ccc(Br)cc1. The number of aromatic hydroxyl groups is 1. The highest BCUT2D eigenvalue weighted by molar-refractivity contribution is 9.10. The van der Waals surface area contributed by atoms with E-state index < -0.39 is 57.0 Å². The van der Waals surface area contributed by atoms with Gasteiger partial charge in [-0.25, -0.2) is 9.29 Å². The van der Waals surface area contributed by atoms with Crippen LogP contribution < -0.4 is 9.80 Å². The zero-order valence-electron chi connectivity index (χ0n) is 22.2. The van der Waals surface area contributed by atoms with Gasteiger partial charge in [-0.3, -0.25) is 24.1 Å². The van der Waals surface area contributed by atoms with E-state index >= 15 is 0 Å². The first-order valence-electron chi connectivity index (χ1n) is 13.6. The van der Waals surface area contributed by atoms with E-state index in [1.807, 2.05) is 0 Å². The van der Waals surface area contributed by atoms with Crippen LogP contribution in [-0.4, -0.2) is 38.5 Å². The second kappa shape index (κ2) is 9.74. The fourth-order valence-corrected chi connectivity index (χ4v) is 8.51. The first-order chi connectivity index (χ1) is 20.5. The van der Waals surface area contributed by atoms with Crippen LogP contribution in [0.5, 0.6) is 5.75 Å². The average molecular weight is 684 g/mol. The Morgan fingerprint density at radius 2 is 1.44 bits per heavy atom. The van der Waals surface area contributed by atoms with Crippen LogP contribution in [0, 0.1) is 23.6 Å². The predicted octanol–water partition coefficient (Wildman–Crippen LogP) is 6.06. The zero-order chi connectivity index (χ0) is 30.4. The zero-order valence-corrected chi connectivity index (χ0v) is 25.3. The summed E-state index contributed by atoms with van der Waals surface area (Å²) in [6.07, 6.45) is 1.80. The molecule has 3 fully saturated rings. The van der Waals surface area contributed by atoms with Gasteiger partial charge >= 0.3 is 0 Å². The van der Waals surface area contributed by atoms with Crippen LogP contribution in [0.3, 0.4) is 0 Å². The van der Waals surface area contributed by atoms with Gasteiger partial charge in [0.2, 0.25) is 11.8 Å². The molecule has 2 heterocycles. The number of hydrogen-bond donors (Lipinski definition) is 1. The second-order valence-corrected chi connectivity index (χ2v) is 13.5. The summed E-state index contributed by atoms with van der Waals surface area (Å²) in [6, 6.07) is 17.9. The van der Waals surface area contributed by atoms with Crippen molar-refractivity contribution in [1.82, 2.24) is 0 Å². The molecule has 218 valence electrons. The molecule has 43 heavy (non-hydrogen) atoms. The Morgan fingerprint density at radius 1 is 0.814 bits per heavy atom. The van der Waals surface area contributed by atoms with Crippen molar-refractivity contribution in [2.75, 3.05) is 9.80 Å². The molecule has 0 radical (unpaired) electrons. The molecule has 0 spiro atoms. The molecule has 2 aliphatic heterocycles. The van der Waals surface area contributed by atoms with Crippen LogP contribution in [0.15, 0.2) is 88.9 Å². The molecule has 2 saturated heterocycles. The molecule has 11 heteroatoms. The van der Waals surface area contributed by atoms with Gasteiger partial charge in [0.1, 0.15) is 11.6 Å². The smallest absolute Gasteiger partial charge is 0.258 e. The standard InChI is InChI=1S/C32H22BrCl2FN2O5/c33-16-5-9-18(10-6-16)37-27(40)22-14-13-20-23(25(22)28(37)41)15-31(34)29(42)38(19-11-7-17(36)8-12-19)30(43)32(31,35)26(20)21-3-1-2-4-24(21)39/h1-13,22-23,25-26,39H,14-15H2. The number of benzene rings is 3. The number of phenolic OH excluding ortho intramolecular Hbond substituents is 1. The summed E-state index contributed by atoms with van der Waals surface area (Å²) in [5, 5.41) is 11.0. The van der Waals surface area contributed by atoms with Gasteiger partial charge in [-0.15, -0.1) is 23.2 Å². The molecular weight excluding hydrogens is 662 g/mol. The third-order valence-electron chi connectivity index (χ3n) is 9.23. The number of hydrogen-bond acceptors (Lipinski definition) is 5. The van der Waals surface area contributed by atoms with Gasteiger partial charge in [0, 0.05) is 16.0 Å². The van der Waals surface area contributed by atoms with Crippen molar-refractivity contribution >= 4 is 74.1 Å². The Morgan fingerprint density at radius 3 is 2.12 bits per heavy atom. The van der Waals surface area contributed by atoms with E-state index in [2.05, 4.69) is 15.9 Å². The van der Waals surface area contributed by atoms with E-state index in [0.717, 1.165) is 21.5 Å². The average Bonchev–Trinajstić information content (AvgIpc) is 3.33. The van der Waals surface area contributed by atoms with Gasteiger partial charge in [-0.1, -0.05) is 45.8 Å². The second-order valence-electron chi connectivity index (χ2n) is 11.3. The topological polar surface area (TPSA) is 95.0 Å². The third-order valence-corrected chi connectivity index (χ3v) is 11.2. The van der Waals surface area contributed by atoms with E-state index in [9.17, 15) is 28.7 Å². The third kappa shape index (κ3) is 3.77. The van der Waals surface area contributed by atoms with Crippen molar-refractivity contribution in [3.8, 4) is 5.75 Å². The number of anilines is 2. The van der Waals surface area contributed by atoms with Gasteiger partial charge in [0.15, 0.2) is 9.75 Å². The minimum absolute atomic E-state index is 0.0882. The van der Waals surface area contributed by atoms with E-state index in [0.29, 0.717) is 11.3 Å². The molecule has 0 aromatic heterocycles. The molecule has 3 aromatic carbocycles. The van der Waals surface area contributed by atoms with Crippen molar-refractivity contribution in [3.63, 3.8) is 0 Å². The summed E-state index contributed by atoms with van der Waals surface area (Å²) in [5.41, 5.74) is 1.34. The summed E-state index contributed by atoms with van der Waals surface area (Å²) in [7, 11) is 0. The van der Waals surface area contributed by atoms with Crippen molar-refractivity contribution in [2.45, 2.75) is 28.5 Å². The summed E-state index contributed by atoms with van der Waals surface area (Å²) < 4.78 is 14.6. The van der Waals surface area contributed by atoms with Crippen LogP contribution in [0.2, 0.25) is 0 Å². The largest absolute Gasteiger partial charge is 0.508 e. The number of imide groups is 2. The predicted molar refractivity (Wildman–Crippen MR) is 161 cm³/mol. The molecule has 7 rings (SSSR count). The minimum atomic E-state index is -2.11. The number of rotatable bonds is 3. The van der Waals surface area contributed by atoms with Gasteiger partial charge in [0.05, 0.1) is 23.2 Å². The number of fused-ring (bicyclic) bond motifs is 4. The summed E-state index contributed by atoms with van der Waals surface area (Å²) in [4.78, 5) is 54.1. The Bertz CT molecular complexity index is 1770. The lowest BCUT2D eigenvalue weighted by molar-refractivity contribution is -0.125. The molecule has 6 unspecified atom stereocenters. The lowest BCUT2D eigenvalue weighted by Gasteiger charge is -2.50. The highest BCUT2D eigenvalue weighted by Crippen LogP contribution is 2.66. The summed E-state index contributed by atoms with van der Waals surface area (Å²) in [5.74, 6) is -6.59. The van der Waals surface area contributed by atoms with Crippen LogP contribution in [0.25, 0.3) is 0 Å². The first kappa shape index (κ1) is 28.3. The van der Waals surface area contributed by atoms with Gasteiger partial charge in [-0.05, 0) is 73.4 Å². The van der Waals surface area contributed by atoms with Crippen molar-refractivity contribution in [3.05, 3.63) is 100 Å². The number of carbonyl (C=O) groups is 4. The summed E-state index contributed by atoms with van der Waals surface area (Å²) in [6.45, 7) is 0. The molecule has 4 aliphatic rings. The fraction of sp³-hybridized carbons (Fsp3) is 0.250. The van der Waals surface area contributed by atoms with Crippen molar-refractivity contribution in [2.24, 2.45) is 17.8 Å². The molecule has 6 atom stereocenters. The number of phenols is 1. The summed E-state index contributed by atoms with van der Waals surface area (Å²) >= 11 is 18.0. The highest BCUT2D eigenvalue weighted by Gasteiger charge is 2.76. The Kier molecular flexibility index (Phi) is 6.40. The van der Waals surface area contributed by atoms with Gasteiger partial charge < -0.3 is 5.11 Å². The van der Waals surface area contributed by atoms with Crippen molar-refractivity contribution in [1.29, 1.82) is 0 Å². The Hall–Kier alpha value is -3.53. The van der Waals surface area contributed by atoms with E-state index in [1.165, 1.54) is 23.1 Å². The lowest BCUT2D eigenvalue weighted by atomic mass is 9.56. The highest BCUT2D eigenvalue weighted by atomic mass is 79.9. The molecule has 4 amide bonds. The molecule has 2 aliphatic carbocycles. The molecule has 1 N–H and O–H groups in total. The quantitative estimate of drug-likeness (QED) is 0.206. The number of alkyl halides is 2. The lowest BCUT2D eigenvalue weighted by Crippen LogP contribution is -2.60. The fourth-order valence-electron chi connectivity index (χ4n) is 7.32. The Labute approximate surface area is 264 Å². The van der Waals surface area contributed by atoms with Crippen LogP contribution in [0.4, 0.5) is 15.8 Å². The van der Waals surface area contributed by atoms with Crippen LogP contribution in [-0.2, 0) is 19.2 Å². The maximum atomic E-state index is 14.3. The number of carbonyl (C=O) groups excluding carboxylic acids is 4. The maximum Gasteiger partial charge on any atom is 0.258 e. The molecule has 7 nitrogen and oxygen atoms in total. The maximum absolute atomic E-state index is 14.3. The number of halogens is 4. The van der Waals surface area contributed by atoms with Crippen LogP contribution >= 0.6 is 39.1 Å². The molecular formula is C32H22BrCl2FN2O5. The van der Waals surface area contributed by atoms with E-state index in [4.69, 9.17) is 23.2 Å². The molecule has 0 bridgehead atoms. The van der Waals surface area contributed by atoms with Gasteiger partial charge in [0.25, 0.3) is 11.8 Å². The van der Waals surface area contributed by atoms with E-state index in [1.54, 1.807) is 48.5 Å². The molecule has 3 aromatic rings. The minimum Gasteiger partial charge on any atom is -0.508 e. The number of allylic oxidation sites excluding steroid dienone is 2. The first-order valence-corrected chi connectivity index (χ1v) is 15.2. The monoisotopic (exact) mass is 682 g/mol. The van der Waals surface area contributed by atoms with E-state index in [-0.39, 0.29) is 35.7 Å². The number of nitrogens with zero attached hydrogens (tertiary/aromatic N) is 2. The van der Waals surface area contributed by atoms with Crippen molar-refractivity contribution < 1.29 is 28.7 Å². The molecule has 1 saturated carbocycles.